The second-order valence-corrected chi connectivity index (χ2v) is 7.75. The van der Waals surface area contributed by atoms with E-state index >= 15 is 0 Å². The Labute approximate surface area is 206 Å². The molecule has 0 saturated carbocycles. The van der Waals surface area contributed by atoms with Gasteiger partial charge in [-0.2, -0.15) is 0 Å². The molecule has 3 aromatic rings. The van der Waals surface area contributed by atoms with Gasteiger partial charge in [-0.3, -0.25) is 9.69 Å². The number of benzene rings is 3. The lowest BCUT2D eigenvalue weighted by Crippen LogP contribution is -2.34. The summed E-state index contributed by atoms with van der Waals surface area (Å²) in [7, 11) is 3.01. The number of nitrogens with zero attached hydrogens (tertiary/aromatic N) is 1. The summed E-state index contributed by atoms with van der Waals surface area (Å²) in [5.74, 6) is -1.01. The number of carboxylic acids is 2. The van der Waals surface area contributed by atoms with Crippen LogP contribution >= 0.6 is 0 Å². The molecule has 0 amide bonds. The van der Waals surface area contributed by atoms with Gasteiger partial charge in [-0.1, -0.05) is 24.3 Å². The van der Waals surface area contributed by atoms with Gasteiger partial charge in [-0.05, 0) is 47.5 Å². The second-order valence-electron chi connectivity index (χ2n) is 7.75. The van der Waals surface area contributed by atoms with Gasteiger partial charge in [0.2, 0.25) is 0 Å². The molecule has 36 heavy (non-hydrogen) atoms. The SMILES string of the molecule is COc1ccc(C(c2ccc(OC(=O)O)cc2)N(CC(=O)O)Cc2ccc(C(=O)O)cc2)c(OC)c1. The third-order valence-corrected chi connectivity index (χ3v) is 5.43. The van der Waals surface area contributed by atoms with E-state index in [0.29, 0.717) is 28.2 Å². The smallest absolute Gasteiger partial charge is 0.497 e. The lowest BCUT2D eigenvalue weighted by molar-refractivity contribution is -0.138. The fraction of sp³-hybridized carbons (Fsp3) is 0.192. The number of carboxylic acid groups (broad SMARTS) is 3. The highest BCUT2D eigenvalue weighted by atomic mass is 16.7. The average Bonchev–Trinajstić information content (AvgIpc) is 2.85. The second kappa shape index (κ2) is 11.7. The highest BCUT2D eigenvalue weighted by Gasteiger charge is 2.28. The maximum absolute atomic E-state index is 11.9. The van der Waals surface area contributed by atoms with Crippen molar-refractivity contribution in [3.05, 3.63) is 89.0 Å². The van der Waals surface area contributed by atoms with Crippen molar-refractivity contribution in [3.8, 4) is 17.2 Å². The monoisotopic (exact) mass is 495 g/mol. The van der Waals surface area contributed by atoms with Crippen molar-refractivity contribution < 1.29 is 43.9 Å². The summed E-state index contributed by atoms with van der Waals surface area (Å²) in [4.78, 5) is 35.7. The number of aromatic carboxylic acids is 1. The zero-order valence-corrected chi connectivity index (χ0v) is 19.6. The molecule has 0 fully saturated rings. The number of ether oxygens (including phenoxy) is 3. The number of hydrogen-bond acceptors (Lipinski definition) is 7. The molecular formula is C26H25NO9. The Balaban J connectivity index is 2.11. The van der Waals surface area contributed by atoms with Gasteiger partial charge in [-0.15, -0.1) is 0 Å². The third-order valence-electron chi connectivity index (χ3n) is 5.43. The number of carbonyl (C=O) groups is 3. The Hall–Kier alpha value is -4.57. The average molecular weight is 495 g/mol. The number of hydrogen-bond donors (Lipinski definition) is 3. The minimum atomic E-state index is -1.45. The van der Waals surface area contributed by atoms with Crippen molar-refractivity contribution >= 4 is 18.1 Å². The molecule has 0 bridgehead atoms. The topological polar surface area (TPSA) is 143 Å². The van der Waals surface area contributed by atoms with Crippen LogP contribution in [0.5, 0.6) is 17.2 Å². The molecule has 1 unspecified atom stereocenters. The molecule has 3 N–H and O–H groups in total. The molecule has 0 spiro atoms. The molecule has 0 aliphatic rings. The maximum Gasteiger partial charge on any atom is 0.511 e. The van der Waals surface area contributed by atoms with E-state index in [9.17, 15) is 24.6 Å². The van der Waals surface area contributed by atoms with Gasteiger partial charge in [0.1, 0.15) is 17.2 Å². The van der Waals surface area contributed by atoms with E-state index in [2.05, 4.69) is 0 Å². The van der Waals surface area contributed by atoms with Crippen LogP contribution in [0.4, 0.5) is 4.79 Å². The van der Waals surface area contributed by atoms with E-state index in [0.717, 1.165) is 0 Å². The Morgan fingerprint density at radius 3 is 2.00 bits per heavy atom. The minimum absolute atomic E-state index is 0.112. The van der Waals surface area contributed by atoms with Crippen molar-refractivity contribution in [3.63, 3.8) is 0 Å². The largest absolute Gasteiger partial charge is 0.511 e. The lowest BCUT2D eigenvalue weighted by Gasteiger charge is -2.32. The minimum Gasteiger partial charge on any atom is -0.497 e. The third kappa shape index (κ3) is 6.51. The highest BCUT2D eigenvalue weighted by molar-refractivity contribution is 5.87. The van der Waals surface area contributed by atoms with E-state index in [4.69, 9.17) is 19.3 Å². The predicted molar refractivity (Wildman–Crippen MR) is 128 cm³/mol. The molecule has 3 aromatic carbocycles. The van der Waals surface area contributed by atoms with Gasteiger partial charge in [0.15, 0.2) is 0 Å². The molecule has 3 rings (SSSR count). The van der Waals surface area contributed by atoms with E-state index in [-0.39, 0.29) is 24.4 Å². The lowest BCUT2D eigenvalue weighted by atomic mass is 9.95. The van der Waals surface area contributed by atoms with Crippen molar-refractivity contribution in [1.82, 2.24) is 4.90 Å². The Kier molecular flexibility index (Phi) is 8.48. The summed E-state index contributed by atoms with van der Waals surface area (Å²) in [6.07, 6.45) is -1.45. The van der Waals surface area contributed by atoms with Gasteiger partial charge in [0, 0.05) is 18.2 Å². The van der Waals surface area contributed by atoms with Crippen molar-refractivity contribution in [1.29, 1.82) is 0 Å². The van der Waals surface area contributed by atoms with Crippen LogP contribution in [0.15, 0.2) is 66.7 Å². The first kappa shape index (κ1) is 26.0. The van der Waals surface area contributed by atoms with Gasteiger partial charge >= 0.3 is 18.1 Å². The quantitative estimate of drug-likeness (QED) is 0.262. The Morgan fingerprint density at radius 1 is 0.833 bits per heavy atom. The molecule has 0 aliphatic carbocycles. The van der Waals surface area contributed by atoms with Crippen LogP contribution in [-0.2, 0) is 11.3 Å². The highest BCUT2D eigenvalue weighted by Crippen LogP contribution is 2.38. The summed E-state index contributed by atoms with van der Waals surface area (Å²) >= 11 is 0. The summed E-state index contributed by atoms with van der Waals surface area (Å²) in [6, 6.07) is 17.0. The normalized spacial score (nSPS) is 11.5. The molecule has 0 heterocycles. The molecule has 0 saturated heterocycles. The number of methoxy groups -OCH3 is 2. The van der Waals surface area contributed by atoms with E-state index in [1.165, 1.54) is 38.5 Å². The standard InChI is InChI=1S/C26H25NO9/c1-34-20-11-12-21(22(13-20)35-2)24(17-7-9-19(10-8-17)36-26(32)33)27(15-23(28)29)14-16-3-5-18(6-4-16)25(30)31/h3-13,24H,14-15H2,1-2H3,(H,28,29)(H,30,31)(H,32,33). The summed E-state index contributed by atoms with van der Waals surface area (Å²) in [5, 5.41) is 27.8. The summed E-state index contributed by atoms with van der Waals surface area (Å²) in [6.45, 7) is -0.187. The molecule has 1 atom stereocenters. The van der Waals surface area contributed by atoms with Gasteiger partial charge < -0.3 is 29.5 Å². The van der Waals surface area contributed by atoms with Crippen LogP contribution in [-0.4, -0.2) is 59.1 Å². The van der Waals surface area contributed by atoms with E-state index < -0.39 is 24.1 Å². The molecule has 0 aliphatic heterocycles. The number of rotatable bonds is 11. The van der Waals surface area contributed by atoms with Crippen molar-refractivity contribution in [2.75, 3.05) is 20.8 Å². The van der Waals surface area contributed by atoms with E-state index in [1.54, 1.807) is 47.4 Å². The predicted octanol–water partition coefficient (Wildman–Crippen LogP) is 4.14. The Morgan fingerprint density at radius 2 is 1.47 bits per heavy atom. The number of aliphatic carboxylic acids is 1. The summed E-state index contributed by atoms with van der Waals surface area (Å²) < 4.78 is 15.6. The first-order chi connectivity index (χ1) is 17.2. The first-order valence-corrected chi connectivity index (χ1v) is 10.7. The molecular weight excluding hydrogens is 470 g/mol. The van der Waals surface area contributed by atoms with Gasteiger partial charge in [0.05, 0.1) is 32.4 Å². The van der Waals surface area contributed by atoms with Crippen LogP contribution < -0.4 is 14.2 Å². The van der Waals surface area contributed by atoms with Crippen LogP contribution in [0, 0.1) is 0 Å². The zero-order valence-electron chi connectivity index (χ0n) is 19.6. The fourth-order valence-electron chi connectivity index (χ4n) is 3.85. The first-order valence-electron chi connectivity index (χ1n) is 10.7. The molecule has 10 nitrogen and oxygen atoms in total. The summed E-state index contributed by atoms with van der Waals surface area (Å²) in [5.41, 5.74) is 2.11. The van der Waals surface area contributed by atoms with Crippen LogP contribution in [0.3, 0.4) is 0 Å². The van der Waals surface area contributed by atoms with Gasteiger partial charge in [-0.25, -0.2) is 9.59 Å². The van der Waals surface area contributed by atoms with Crippen molar-refractivity contribution in [2.45, 2.75) is 12.6 Å². The van der Waals surface area contributed by atoms with Crippen LogP contribution in [0.2, 0.25) is 0 Å². The Bertz CT molecular complexity index is 1220. The molecule has 0 radical (unpaired) electrons. The fourth-order valence-corrected chi connectivity index (χ4v) is 3.85. The molecule has 188 valence electrons. The van der Waals surface area contributed by atoms with Crippen LogP contribution in [0.1, 0.15) is 33.1 Å². The van der Waals surface area contributed by atoms with E-state index in [1.807, 2.05) is 0 Å². The maximum atomic E-state index is 11.9. The van der Waals surface area contributed by atoms with Crippen LogP contribution in [0.25, 0.3) is 0 Å². The van der Waals surface area contributed by atoms with Gasteiger partial charge in [0.25, 0.3) is 0 Å². The van der Waals surface area contributed by atoms with Crippen molar-refractivity contribution in [2.24, 2.45) is 0 Å². The molecule has 0 aromatic heterocycles. The zero-order chi connectivity index (χ0) is 26.2. The molecule has 10 heteroatoms.